The first-order valence-electron chi connectivity index (χ1n) is 7.76. The van der Waals surface area contributed by atoms with Crippen molar-refractivity contribution < 1.29 is 14.3 Å². The molecular formula is C20H22O3. The van der Waals surface area contributed by atoms with Gasteiger partial charge in [-0.1, -0.05) is 74.5 Å². The molecule has 2 aromatic carbocycles. The molecule has 0 aliphatic carbocycles. The second-order valence-corrected chi connectivity index (χ2v) is 6.02. The summed E-state index contributed by atoms with van der Waals surface area (Å²) in [6.45, 7) is 3.95. The first-order valence-corrected chi connectivity index (χ1v) is 7.76. The number of ether oxygens (including phenoxy) is 1. The lowest BCUT2D eigenvalue weighted by atomic mass is 9.79. The van der Waals surface area contributed by atoms with Gasteiger partial charge in [-0.25, -0.2) is 0 Å². The van der Waals surface area contributed by atoms with E-state index in [2.05, 4.69) is 0 Å². The summed E-state index contributed by atoms with van der Waals surface area (Å²) in [4.78, 5) is 26.2. The second-order valence-electron chi connectivity index (χ2n) is 6.02. The van der Waals surface area contributed by atoms with Gasteiger partial charge in [-0.05, 0) is 12.3 Å². The molecule has 0 saturated heterocycles. The predicted octanol–water partition coefficient (Wildman–Crippen LogP) is 4.18. The monoisotopic (exact) mass is 310 g/mol. The van der Waals surface area contributed by atoms with E-state index in [-0.39, 0.29) is 17.5 Å². The van der Waals surface area contributed by atoms with Crippen LogP contribution < -0.4 is 0 Å². The Morgan fingerprint density at radius 1 is 0.870 bits per heavy atom. The van der Waals surface area contributed by atoms with Crippen molar-refractivity contribution >= 4 is 11.6 Å². The van der Waals surface area contributed by atoms with Gasteiger partial charge in [0.25, 0.3) is 0 Å². The zero-order valence-corrected chi connectivity index (χ0v) is 13.8. The van der Waals surface area contributed by atoms with Gasteiger partial charge >= 0.3 is 0 Å². The third-order valence-corrected chi connectivity index (χ3v) is 3.85. The van der Waals surface area contributed by atoms with Crippen LogP contribution in [0.4, 0.5) is 0 Å². The van der Waals surface area contributed by atoms with Gasteiger partial charge in [-0.2, -0.15) is 0 Å². The molecule has 0 spiro atoms. The summed E-state index contributed by atoms with van der Waals surface area (Å²) in [6, 6.07) is 17.7. The number of Topliss-reactive ketones (excluding diaryl/α,β-unsaturated/α-hetero) is 2. The number of carbonyl (C=O) groups is 2. The molecule has 0 aliphatic heterocycles. The smallest absolute Gasteiger partial charge is 0.202 e. The van der Waals surface area contributed by atoms with Crippen molar-refractivity contribution in [2.24, 2.45) is 5.92 Å². The van der Waals surface area contributed by atoms with Gasteiger partial charge in [0.05, 0.1) is 0 Å². The number of methoxy groups -OCH3 is 1. The molecule has 0 unspecified atom stereocenters. The summed E-state index contributed by atoms with van der Waals surface area (Å²) in [5.74, 6) is -0.443. The van der Waals surface area contributed by atoms with Gasteiger partial charge in [0.15, 0.2) is 5.60 Å². The second kappa shape index (κ2) is 7.34. The van der Waals surface area contributed by atoms with Crippen molar-refractivity contribution in [2.75, 3.05) is 7.11 Å². The van der Waals surface area contributed by atoms with Gasteiger partial charge in [0.2, 0.25) is 11.6 Å². The standard InChI is InChI=1S/C20H22O3/c1-15(2)14-20(23-3,18(21)16-10-6-4-7-11-16)19(22)17-12-8-5-9-13-17/h4-13,15H,14H2,1-3H3. The molecule has 0 atom stereocenters. The molecular weight excluding hydrogens is 288 g/mol. The van der Waals surface area contributed by atoms with Crippen LogP contribution in [0.5, 0.6) is 0 Å². The summed E-state index contributed by atoms with van der Waals surface area (Å²) in [5, 5.41) is 0. The van der Waals surface area contributed by atoms with Crippen LogP contribution in [0, 0.1) is 5.92 Å². The van der Waals surface area contributed by atoms with Crippen molar-refractivity contribution in [1.29, 1.82) is 0 Å². The molecule has 0 fully saturated rings. The summed E-state index contributed by atoms with van der Waals surface area (Å²) in [5.41, 5.74) is -0.518. The van der Waals surface area contributed by atoms with Gasteiger partial charge in [0.1, 0.15) is 0 Å². The van der Waals surface area contributed by atoms with E-state index in [1.54, 1.807) is 48.5 Å². The molecule has 0 bridgehead atoms. The number of rotatable bonds is 7. The minimum atomic E-state index is -1.49. The van der Waals surface area contributed by atoms with Gasteiger partial charge < -0.3 is 4.74 Å². The fourth-order valence-electron chi connectivity index (χ4n) is 2.78. The lowest BCUT2D eigenvalue weighted by Crippen LogP contribution is -2.49. The highest BCUT2D eigenvalue weighted by atomic mass is 16.5. The lowest BCUT2D eigenvalue weighted by Gasteiger charge is -2.31. The maximum atomic E-state index is 13.1. The molecule has 2 aromatic rings. The minimum Gasteiger partial charge on any atom is -0.362 e. The Kier molecular flexibility index (Phi) is 5.45. The molecule has 0 aliphatic rings. The highest BCUT2D eigenvalue weighted by Crippen LogP contribution is 2.29. The van der Waals surface area contributed by atoms with Gasteiger partial charge in [0, 0.05) is 18.2 Å². The fourth-order valence-corrected chi connectivity index (χ4v) is 2.78. The SMILES string of the molecule is COC(CC(C)C)(C(=O)c1ccccc1)C(=O)c1ccccc1. The normalized spacial score (nSPS) is 11.5. The molecule has 0 heterocycles. The number of hydrogen-bond acceptors (Lipinski definition) is 3. The fraction of sp³-hybridized carbons (Fsp3) is 0.300. The van der Waals surface area contributed by atoms with Crippen LogP contribution in [0.15, 0.2) is 60.7 Å². The van der Waals surface area contributed by atoms with Crippen LogP contribution in [-0.4, -0.2) is 24.3 Å². The molecule has 2 rings (SSSR count). The van der Waals surface area contributed by atoms with Crippen LogP contribution in [0.1, 0.15) is 41.0 Å². The van der Waals surface area contributed by atoms with Crippen molar-refractivity contribution in [2.45, 2.75) is 25.9 Å². The topological polar surface area (TPSA) is 43.4 Å². The zero-order chi connectivity index (χ0) is 16.9. The van der Waals surface area contributed by atoms with Crippen LogP contribution >= 0.6 is 0 Å². The molecule has 0 radical (unpaired) electrons. The van der Waals surface area contributed by atoms with Crippen molar-refractivity contribution in [3.63, 3.8) is 0 Å². The third kappa shape index (κ3) is 3.57. The van der Waals surface area contributed by atoms with E-state index < -0.39 is 5.60 Å². The number of benzene rings is 2. The van der Waals surface area contributed by atoms with Gasteiger partial charge in [-0.3, -0.25) is 9.59 Å². The summed E-state index contributed by atoms with van der Waals surface area (Å²) < 4.78 is 5.58. The van der Waals surface area contributed by atoms with E-state index >= 15 is 0 Å². The molecule has 23 heavy (non-hydrogen) atoms. The van der Waals surface area contributed by atoms with Crippen molar-refractivity contribution in [3.05, 3.63) is 71.8 Å². The predicted molar refractivity (Wildman–Crippen MR) is 90.7 cm³/mol. The summed E-state index contributed by atoms with van der Waals surface area (Å²) in [6.07, 6.45) is 0.338. The highest BCUT2D eigenvalue weighted by molar-refractivity contribution is 6.22. The average molecular weight is 310 g/mol. The van der Waals surface area contributed by atoms with Gasteiger partial charge in [-0.15, -0.1) is 0 Å². The Labute approximate surface area is 137 Å². The average Bonchev–Trinajstić information content (AvgIpc) is 2.60. The molecule has 0 amide bonds. The Balaban J connectivity index is 2.51. The van der Waals surface area contributed by atoms with Crippen molar-refractivity contribution in [1.82, 2.24) is 0 Å². The van der Waals surface area contributed by atoms with E-state index in [1.165, 1.54) is 7.11 Å². The molecule has 3 heteroatoms. The largest absolute Gasteiger partial charge is 0.362 e. The molecule has 0 N–H and O–H groups in total. The minimum absolute atomic E-state index is 0.135. The maximum Gasteiger partial charge on any atom is 0.202 e. The van der Waals surface area contributed by atoms with E-state index in [1.807, 2.05) is 26.0 Å². The Hall–Kier alpha value is -2.26. The van der Waals surface area contributed by atoms with E-state index in [0.29, 0.717) is 17.5 Å². The van der Waals surface area contributed by atoms with E-state index in [4.69, 9.17) is 4.74 Å². The molecule has 3 nitrogen and oxygen atoms in total. The first-order chi connectivity index (χ1) is 11.0. The number of hydrogen-bond donors (Lipinski definition) is 0. The highest BCUT2D eigenvalue weighted by Gasteiger charge is 2.46. The number of ketones is 2. The summed E-state index contributed by atoms with van der Waals surface area (Å²) >= 11 is 0. The van der Waals surface area contributed by atoms with Crippen molar-refractivity contribution in [3.8, 4) is 0 Å². The third-order valence-electron chi connectivity index (χ3n) is 3.85. The molecule has 0 aromatic heterocycles. The zero-order valence-electron chi connectivity index (χ0n) is 13.8. The van der Waals surface area contributed by atoms with E-state index in [0.717, 1.165) is 0 Å². The quantitative estimate of drug-likeness (QED) is 0.569. The molecule has 120 valence electrons. The van der Waals surface area contributed by atoms with Crippen LogP contribution in [0.2, 0.25) is 0 Å². The van der Waals surface area contributed by atoms with Crippen LogP contribution in [-0.2, 0) is 4.74 Å². The Morgan fingerprint density at radius 2 is 1.26 bits per heavy atom. The number of carbonyl (C=O) groups excluding carboxylic acids is 2. The van der Waals surface area contributed by atoms with Crippen LogP contribution in [0.25, 0.3) is 0 Å². The van der Waals surface area contributed by atoms with Crippen LogP contribution in [0.3, 0.4) is 0 Å². The maximum absolute atomic E-state index is 13.1. The lowest BCUT2D eigenvalue weighted by molar-refractivity contribution is -0.000409. The van der Waals surface area contributed by atoms with E-state index in [9.17, 15) is 9.59 Å². The Morgan fingerprint density at radius 3 is 1.57 bits per heavy atom. The Bertz CT molecular complexity index is 608. The molecule has 0 saturated carbocycles. The first kappa shape index (κ1) is 17.1. The summed E-state index contributed by atoms with van der Waals surface area (Å²) in [7, 11) is 1.43.